The highest BCUT2D eigenvalue weighted by Crippen LogP contribution is 2.19. The lowest BCUT2D eigenvalue weighted by molar-refractivity contribution is -0.116. The van der Waals surface area contributed by atoms with Crippen LogP contribution in [0.5, 0.6) is 0 Å². The van der Waals surface area contributed by atoms with Gasteiger partial charge in [-0.25, -0.2) is 0 Å². The second kappa shape index (κ2) is 6.00. The molecule has 2 amide bonds. The van der Waals surface area contributed by atoms with E-state index in [1.807, 2.05) is 6.92 Å². The van der Waals surface area contributed by atoms with Crippen LogP contribution in [0.25, 0.3) is 0 Å². The van der Waals surface area contributed by atoms with Gasteiger partial charge in [0.25, 0.3) is 0 Å². The molecule has 0 aliphatic rings. The first kappa shape index (κ1) is 13.2. The molecule has 92 valence electrons. The molecule has 0 heterocycles. The van der Waals surface area contributed by atoms with Crippen LogP contribution in [-0.2, 0) is 9.59 Å². The number of carbonyl (C=O) groups is 2. The van der Waals surface area contributed by atoms with Crippen LogP contribution < -0.4 is 16.4 Å². The van der Waals surface area contributed by atoms with Crippen LogP contribution in [0, 0.1) is 6.92 Å². The molecule has 0 spiro atoms. The zero-order chi connectivity index (χ0) is 12.8. The maximum atomic E-state index is 11.2. The summed E-state index contributed by atoms with van der Waals surface area (Å²) >= 11 is 0. The van der Waals surface area contributed by atoms with Crippen LogP contribution in [0.15, 0.2) is 18.2 Å². The Morgan fingerprint density at radius 2 is 1.94 bits per heavy atom. The molecule has 4 N–H and O–H groups in total. The minimum atomic E-state index is -0.241. The van der Waals surface area contributed by atoms with E-state index in [9.17, 15) is 9.59 Å². The molecular formula is C12H17N3O2. The molecule has 1 aromatic carbocycles. The third kappa shape index (κ3) is 3.88. The minimum absolute atomic E-state index is 0.0353. The maximum absolute atomic E-state index is 11.2. The van der Waals surface area contributed by atoms with Crippen molar-refractivity contribution in [2.45, 2.75) is 20.3 Å². The Labute approximate surface area is 100 Å². The number of aryl methyl sites for hydroxylation is 1. The molecule has 0 aromatic heterocycles. The molecule has 17 heavy (non-hydrogen) atoms. The number of benzene rings is 1. The van der Waals surface area contributed by atoms with E-state index < -0.39 is 0 Å². The molecule has 0 aliphatic carbocycles. The fourth-order valence-electron chi connectivity index (χ4n) is 1.33. The van der Waals surface area contributed by atoms with Gasteiger partial charge in [0.15, 0.2) is 0 Å². The number of hydrogen-bond donors (Lipinski definition) is 3. The maximum Gasteiger partial charge on any atom is 0.238 e. The van der Waals surface area contributed by atoms with E-state index in [2.05, 4.69) is 10.6 Å². The summed E-state index contributed by atoms with van der Waals surface area (Å²) < 4.78 is 0. The van der Waals surface area contributed by atoms with Crippen LogP contribution in [0.3, 0.4) is 0 Å². The van der Waals surface area contributed by atoms with Crippen molar-refractivity contribution >= 4 is 23.2 Å². The first-order valence-electron chi connectivity index (χ1n) is 5.47. The first-order valence-corrected chi connectivity index (χ1v) is 5.47. The lowest BCUT2D eigenvalue weighted by Gasteiger charge is -2.10. The third-order valence-electron chi connectivity index (χ3n) is 2.29. The second-order valence-electron chi connectivity index (χ2n) is 3.68. The van der Waals surface area contributed by atoms with Crippen molar-refractivity contribution in [3.63, 3.8) is 0 Å². The average molecular weight is 235 g/mol. The molecule has 5 nitrogen and oxygen atoms in total. The Hall–Kier alpha value is -1.88. The van der Waals surface area contributed by atoms with Gasteiger partial charge in [0.2, 0.25) is 11.8 Å². The van der Waals surface area contributed by atoms with Crippen molar-refractivity contribution in [3.8, 4) is 0 Å². The van der Waals surface area contributed by atoms with Gasteiger partial charge < -0.3 is 16.4 Å². The smallest absolute Gasteiger partial charge is 0.238 e. The number of carbonyl (C=O) groups excluding carboxylic acids is 2. The van der Waals surface area contributed by atoms with Gasteiger partial charge in [-0.05, 0) is 30.7 Å². The number of nitrogens with one attached hydrogen (secondary N) is 2. The Morgan fingerprint density at radius 1 is 1.24 bits per heavy atom. The highest BCUT2D eigenvalue weighted by Gasteiger charge is 2.04. The molecule has 0 radical (unpaired) electrons. The van der Waals surface area contributed by atoms with Crippen molar-refractivity contribution < 1.29 is 9.59 Å². The van der Waals surface area contributed by atoms with Crippen LogP contribution in [0.4, 0.5) is 11.4 Å². The predicted molar refractivity (Wildman–Crippen MR) is 67.8 cm³/mol. The summed E-state index contributed by atoms with van der Waals surface area (Å²) in [5.74, 6) is -0.276. The van der Waals surface area contributed by atoms with Crippen molar-refractivity contribution in [2.75, 3.05) is 17.2 Å². The largest absolute Gasteiger partial charge is 0.326 e. The minimum Gasteiger partial charge on any atom is -0.326 e. The second-order valence-corrected chi connectivity index (χ2v) is 3.68. The Morgan fingerprint density at radius 3 is 2.47 bits per heavy atom. The van der Waals surface area contributed by atoms with Crippen molar-refractivity contribution in [1.82, 2.24) is 0 Å². The highest BCUT2D eigenvalue weighted by atomic mass is 16.2. The van der Waals surface area contributed by atoms with Gasteiger partial charge in [0.05, 0.1) is 6.54 Å². The SMILES string of the molecule is CCC(=O)Nc1ccc(NC(=O)CN)cc1C. The lowest BCUT2D eigenvalue weighted by Crippen LogP contribution is -2.21. The van der Waals surface area contributed by atoms with Gasteiger partial charge in [-0.3, -0.25) is 9.59 Å². The molecule has 0 unspecified atom stereocenters. The predicted octanol–water partition coefficient (Wildman–Crippen LogP) is 1.24. The molecule has 0 bridgehead atoms. The molecule has 0 atom stereocenters. The quantitative estimate of drug-likeness (QED) is 0.734. The first-order chi connectivity index (χ1) is 8.06. The highest BCUT2D eigenvalue weighted by molar-refractivity contribution is 5.94. The van der Waals surface area contributed by atoms with Crippen LogP contribution in [-0.4, -0.2) is 18.4 Å². The Balaban J connectivity index is 2.79. The molecule has 0 fully saturated rings. The normalized spacial score (nSPS) is 9.82. The van der Waals surface area contributed by atoms with E-state index in [0.717, 1.165) is 11.3 Å². The molecule has 1 rings (SSSR count). The summed E-state index contributed by atoms with van der Waals surface area (Å²) in [7, 11) is 0. The number of hydrogen-bond acceptors (Lipinski definition) is 3. The van der Waals surface area contributed by atoms with E-state index in [-0.39, 0.29) is 18.4 Å². The van der Waals surface area contributed by atoms with Crippen LogP contribution in [0.1, 0.15) is 18.9 Å². The van der Waals surface area contributed by atoms with Gasteiger partial charge in [-0.2, -0.15) is 0 Å². The molecule has 0 aliphatic heterocycles. The van der Waals surface area contributed by atoms with Crippen LogP contribution >= 0.6 is 0 Å². The van der Waals surface area contributed by atoms with E-state index in [1.165, 1.54) is 0 Å². The summed E-state index contributed by atoms with van der Waals surface area (Å²) in [5, 5.41) is 5.43. The molecule has 0 saturated carbocycles. The van der Waals surface area contributed by atoms with Gasteiger partial charge in [0.1, 0.15) is 0 Å². The molecular weight excluding hydrogens is 218 g/mol. The van der Waals surface area contributed by atoms with Crippen LogP contribution in [0.2, 0.25) is 0 Å². The molecule has 0 saturated heterocycles. The fraction of sp³-hybridized carbons (Fsp3) is 0.333. The fourth-order valence-corrected chi connectivity index (χ4v) is 1.33. The van der Waals surface area contributed by atoms with Gasteiger partial charge in [0, 0.05) is 17.8 Å². The topological polar surface area (TPSA) is 84.2 Å². The number of rotatable bonds is 4. The number of amides is 2. The van der Waals surface area contributed by atoms with E-state index >= 15 is 0 Å². The summed E-state index contributed by atoms with van der Waals surface area (Å²) in [4.78, 5) is 22.3. The van der Waals surface area contributed by atoms with Crippen molar-refractivity contribution in [3.05, 3.63) is 23.8 Å². The monoisotopic (exact) mass is 235 g/mol. The Bertz CT molecular complexity index is 430. The molecule has 5 heteroatoms. The van der Waals surface area contributed by atoms with E-state index in [0.29, 0.717) is 12.1 Å². The standard InChI is InChI=1S/C12H17N3O2/c1-3-11(16)15-10-5-4-9(6-8(10)2)14-12(17)7-13/h4-6H,3,7,13H2,1-2H3,(H,14,17)(H,15,16). The van der Waals surface area contributed by atoms with Gasteiger partial charge >= 0.3 is 0 Å². The summed E-state index contributed by atoms with van der Waals surface area (Å²) in [6.45, 7) is 3.61. The number of anilines is 2. The van der Waals surface area contributed by atoms with Crippen molar-refractivity contribution in [1.29, 1.82) is 0 Å². The lowest BCUT2D eigenvalue weighted by atomic mass is 10.1. The Kier molecular flexibility index (Phi) is 4.66. The van der Waals surface area contributed by atoms with Crippen molar-refractivity contribution in [2.24, 2.45) is 5.73 Å². The third-order valence-corrected chi connectivity index (χ3v) is 2.29. The zero-order valence-electron chi connectivity index (χ0n) is 10.0. The van der Waals surface area contributed by atoms with E-state index in [1.54, 1.807) is 25.1 Å². The average Bonchev–Trinajstić information content (AvgIpc) is 2.32. The summed E-state index contributed by atoms with van der Waals surface area (Å²) in [5.41, 5.74) is 7.52. The molecule has 1 aromatic rings. The number of nitrogens with two attached hydrogens (primary N) is 1. The zero-order valence-corrected chi connectivity index (χ0v) is 10.0. The summed E-state index contributed by atoms with van der Waals surface area (Å²) in [6, 6.07) is 5.28. The van der Waals surface area contributed by atoms with Gasteiger partial charge in [-0.1, -0.05) is 6.92 Å². The summed E-state index contributed by atoms with van der Waals surface area (Å²) in [6.07, 6.45) is 0.436. The van der Waals surface area contributed by atoms with Gasteiger partial charge in [-0.15, -0.1) is 0 Å². The van der Waals surface area contributed by atoms with E-state index in [4.69, 9.17) is 5.73 Å².